The van der Waals surface area contributed by atoms with Gasteiger partial charge in [-0.15, -0.1) is 0 Å². The summed E-state index contributed by atoms with van der Waals surface area (Å²) >= 11 is 0. The molecule has 4 heteroatoms. The fourth-order valence-corrected chi connectivity index (χ4v) is 2.68. The molecule has 1 aromatic carbocycles. The summed E-state index contributed by atoms with van der Waals surface area (Å²) in [6.45, 7) is 8.93. The van der Waals surface area contributed by atoms with E-state index in [0.717, 1.165) is 17.0 Å². The van der Waals surface area contributed by atoms with Crippen molar-refractivity contribution in [3.8, 4) is 0 Å². The van der Waals surface area contributed by atoms with Crippen LogP contribution in [0.25, 0.3) is 11.0 Å². The van der Waals surface area contributed by atoms with E-state index in [0.29, 0.717) is 6.04 Å². The van der Waals surface area contributed by atoms with Crippen LogP contribution < -0.4 is 11.0 Å². The second-order valence-electron chi connectivity index (χ2n) is 5.92. The maximum absolute atomic E-state index is 11.3. The highest BCUT2D eigenvalue weighted by molar-refractivity contribution is 5.75. The molecule has 3 atom stereocenters. The van der Waals surface area contributed by atoms with Gasteiger partial charge in [-0.2, -0.15) is 0 Å². The van der Waals surface area contributed by atoms with Crippen molar-refractivity contribution >= 4 is 11.0 Å². The Balaban J connectivity index is 2.06. The third kappa shape index (κ3) is 3.51. The number of nitrogens with one attached hydrogen (secondary N) is 3. The van der Waals surface area contributed by atoms with E-state index in [1.54, 1.807) is 0 Å². The van der Waals surface area contributed by atoms with Crippen LogP contribution in [0, 0.1) is 5.92 Å². The van der Waals surface area contributed by atoms with Crippen molar-refractivity contribution in [2.24, 2.45) is 5.92 Å². The second kappa shape index (κ2) is 6.27. The van der Waals surface area contributed by atoms with Gasteiger partial charge in [0.2, 0.25) is 0 Å². The Morgan fingerprint density at radius 2 is 1.85 bits per heavy atom. The van der Waals surface area contributed by atoms with Gasteiger partial charge in [0.25, 0.3) is 0 Å². The van der Waals surface area contributed by atoms with Crippen molar-refractivity contribution < 1.29 is 0 Å². The zero-order valence-corrected chi connectivity index (χ0v) is 12.8. The number of fused-ring (bicyclic) bond motifs is 1. The van der Waals surface area contributed by atoms with Crippen LogP contribution in [0.1, 0.15) is 52.1 Å². The van der Waals surface area contributed by atoms with E-state index in [9.17, 15) is 4.79 Å². The number of hydrogen-bond acceptors (Lipinski definition) is 2. The molecular formula is C16H25N3O. The van der Waals surface area contributed by atoms with Crippen LogP contribution >= 0.6 is 0 Å². The van der Waals surface area contributed by atoms with E-state index in [1.807, 2.05) is 12.1 Å². The monoisotopic (exact) mass is 275 g/mol. The third-order valence-corrected chi connectivity index (χ3v) is 4.03. The minimum absolute atomic E-state index is 0.150. The topological polar surface area (TPSA) is 60.7 Å². The van der Waals surface area contributed by atoms with E-state index in [2.05, 4.69) is 49.0 Å². The van der Waals surface area contributed by atoms with Gasteiger partial charge in [-0.1, -0.05) is 26.3 Å². The molecule has 2 aromatic rings. The Kier molecular flexibility index (Phi) is 4.65. The minimum Gasteiger partial charge on any atom is -0.308 e. The molecule has 0 saturated carbocycles. The van der Waals surface area contributed by atoms with E-state index < -0.39 is 0 Å². The van der Waals surface area contributed by atoms with Crippen LogP contribution in [-0.4, -0.2) is 16.0 Å². The van der Waals surface area contributed by atoms with Gasteiger partial charge in [-0.05, 0) is 43.9 Å². The first-order valence-corrected chi connectivity index (χ1v) is 7.47. The summed E-state index contributed by atoms with van der Waals surface area (Å²) in [5.41, 5.74) is 2.78. The number of rotatable bonds is 6. The smallest absolute Gasteiger partial charge is 0.308 e. The second-order valence-corrected chi connectivity index (χ2v) is 5.92. The van der Waals surface area contributed by atoms with Gasteiger partial charge in [0.15, 0.2) is 0 Å². The van der Waals surface area contributed by atoms with Crippen molar-refractivity contribution in [1.29, 1.82) is 0 Å². The third-order valence-electron chi connectivity index (χ3n) is 4.03. The number of benzene rings is 1. The van der Waals surface area contributed by atoms with Crippen LogP contribution in [0.4, 0.5) is 0 Å². The lowest BCUT2D eigenvalue weighted by molar-refractivity contribution is 0.385. The first-order valence-electron chi connectivity index (χ1n) is 7.47. The predicted molar refractivity (Wildman–Crippen MR) is 84.0 cm³/mol. The number of imidazole rings is 1. The lowest BCUT2D eigenvalue weighted by Crippen LogP contribution is -2.30. The predicted octanol–water partition coefficient (Wildman–Crippen LogP) is 3.33. The van der Waals surface area contributed by atoms with Gasteiger partial charge >= 0.3 is 5.69 Å². The maximum atomic E-state index is 11.3. The van der Waals surface area contributed by atoms with Crippen molar-refractivity contribution in [3.63, 3.8) is 0 Å². The summed E-state index contributed by atoms with van der Waals surface area (Å²) in [5, 5.41) is 3.63. The molecule has 0 saturated heterocycles. The number of aromatic amines is 2. The van der Waals surface area contributed by atoms with Gasteiger partial charge in [-0.25, -0.2) is 4.79 Å². The van der Waals surface area contributed by atoms with Gasteiger partial charge in [-0.3, -0.25) is 0 Å². The van der Waals surface area contributed by atoms with Crippen molar-refractivity contribution in [2.75, 3.05) is 0 Å². The average Bonchev–Trinajstić information content (AvgIpc) is 2.77. The number of aromatic nitrogens is 2. The molecule has 0 aliphatic rings. The SMILES string of the molecule is CCC(C)CC(C)NC(C)c1ccc2[nH]c(=O)[nH]c2c1. The molecule has 0 amide bonds. The highest BCUT2D eigenvalue weighted by Crippen LogP contribution is 2.19. The molecule has 0 spiro atoms. The molecule has 0 bridgehead atoms. The van der Waals surface area contributed by atoms with Crippen LogP contribution in [0.2, 0.25) is 0 Å². The Morgan fingerprint density at radius 3 is 2.55 bits per heavy atom. The fourth-order valence-electron chi connectivity index (χ4n) is 2.68. The Bertz CT molecular complexity index is 613. The summed E-state index contributed by atoms with van der Waals surface area (Å²) < 4.78 is 0. The quantitative estimate of drug-likeness (QED) is 0.757. The van der Waals surface area contributed by atoms with Gasteiger partial charge in [0.05, 0.1) is 11.0 Å². The van der Waals surface area contributed by atoms with Crippen LogP contribution in [0.15, 0.2) is 23.0 Å². The first kappa shape index (κ1) is 14.9. The molecule has 1 aromatic heterocycles. The Labute approximate surface area is 120 Å². The van der Waals surface area contributed by atoms with E-state index in [-0.39, 0.29) is 11.7 Å². The van der Waals surface area contributed by atoms with Gasteiger partial charge < -0.3 is 15.3 Å². The molecule has 1 heterocycles. The molecule has 2 rings (SSSR count). The minimum atomic E-state index is -0.150. The highest BCUT2D eigenvalue weighted by atomic mass is 16.1. The summed E-state index contributed by atoms with van der Waals surface area (Å²) in [5.74, 6) is 0.744. The van der Waals surface area contributed by atoms with E-state index in [1.165, 1.54) is 18.4 Å². The first-order chi connectivity index (χ1) is 9.49. The van der Waals surface area contributed by atoms with Crippen LogP contribution in [-0.2, 0) is 0 Å². The van der Waals surface area contributed by atoms with Gasteiger partial charge in [0, 0.05) is 12.1 Å². The molecule has 0 fully saturated rings. The molecule has 0 aliphatic carbocycles. The molecule has 4 nitrogen and oxygen atoms in total. The number of hydrogen-bond donors (Lipinski definition) is 3. The lowest BCUT2D eigenvalue weighted by atomic mass is 9.99. The maximum Gasteiger partial charge on any atom is 0.323 e. The summed E-state index contributed by atoms with van der Waals surface area (Å²) in [4.78, 5) is 16.9. The average molecular weight is 275 g/mol. The molecule has 20 heavy (non-hydrogen) atoms. The summed E-state index contributed by atoms with van der Waals surface area (Å²) in [6, 6.07) is 6.83. The summed E-state index contributed by atoms with van der Waals surface area (Å²) in [6.07, 6.45) is 2.40. The Hall–Kier alpha value is -1.55. The van der Waals surface area contributed by atoms with E-state index in [4.69, 9.17) is 0 Å². The lowest BCUT2D eigenvalue weighted by Gasteiger charge is -2.22. The van der Waals surface area contributed by atoms with Crippen molar-refractivity contribution in [2.45, 2.75) is 52.6 Å². The fraction of sp³-hybridized carbons (Fsp3) is 0.562. The highest BCUT2D eigenvalue weighted by Gasteiger charge is 2.12. The normalized spacial score (nSPS) is 16.2. The molecule has 110 valence electrons. The van der Waals surface area contributed by atoms with Crippen molar-refractivity contribution in [1.82, 2.24) is 15.3 Å². The Morgan fingerprint density at radius 1 is 1.15 bits per heavy atom. The standard InChI is InChI=1S/C16H25N3O/c1-5-10(2)8-11(3)17-12(4)13-6-7-14-15(9-13)19-16(20)18-14/h6-7,9-12,17H,5,8H2,1-4H3,(H2,18,19,20). The van der Waals surface area contributed by atoms with Crippen LogP contribution in [0.5, 0.6) is 0 Å². The molecule has 0 aliphatic heterocycles. The van der Waals surface area contributed by atoms with Crippen molar-refractivity contribution in [3.05, 3.63) is 34.2 Å². The molecule has 3 unspecified atom stereocenters. The molecule has 0 radical (unpaired) electrons. The van der Waals surface area contributed by atoms with Crippen LogP contribution in [0.3, 0.4) is 0 Å². The number of H-pyrrole nitrogens is 2. The summed E-state index contributed by atoms with van der Waals surface area (Å²) in [7, 11) is 0. The zero-order valence-electron chi connectivity index (χ0n) is 12.8. The largest absolute Gasteiger partial charge is 0.323 e. The molecular weight excluding hydrogens is 250 g/mol. The molecule has 3 N–H and O–H groups in total. The van der Waals surface area contributed by atoms with Gasteiger partial charge in [0.1, 0.15) is 0 Å². The van der Waals surface area contributed by atoms with E-state index >= 15 is 0 Å². The zero-order chi connectivity index (χ0) is 14.7.